The van der Waals surface area contributed by atoms with Crippen molar-refractivity contribution in [3.63, 3.8) is 0 Å². The van der Waals surface area contributed by atoms with E-state index in [0.717, 1.165) is 59.0 Å². The number of thiazole rings is 1. The molecular formula is C35H44FN5O3S. The highest BCUT2D eigenvalue weighted by Gasteiger charge is 2.27. The number of rotatable bonds is 12. The normalized spacial score (nSPS) is 15.0. The van der Waals surface area contributed by atoms with E-state index >= 15 is 0 Å². The Kier molecular flexibility index (Phi) is 10.2. The number of halogens is 1. The van der Waals surface area contributed by atoms with Crippen LogP contribution in [0.25, 0.3) is 10.2 Å². The average molecular weight is 634 g/mol. The highest BCUT2D eigenvalue weighted by Crippen LogP contribution is 2.30. The molecule has 0 spiro atoms. The second-order valence-corrected chi connectivity index (χ2v) is 14.3. The fraction of sp³-hybridized carbons (Fsp3) is 0.457. The van der Waals surface area contributed by atoms with Crippen LogP contribution in [0.3, 0.4) is 0 Å². The maximum Gasteiger partial charge on any atom is 0.251 e. The van der Waals surface area contributed by atoms with E-state index in [1.165, 1.54) is 6.07 Å². The van der Waals surface area contributed by atoms with Gasteiger partial charge >= 0.3 is 0 Å². The molecule has 3 N–H and O–H groups in total. The first-order valence-electron chi connectivity index (χ1n) is 15.5. The zero-order chi connectivity index (χ0) is 32.2. The highest BCUT2D eigenvalue weighted by molar-refractivity contribution is 7.18. The van der Waals surface area contributed by atoms with E-state index < -0.39 is 11.1 Å². The Balaban J connectivity index is 1.13. The number of piperidine rings is 1. The Morgan fingerprint density at radius 1 is 1.09 bits per heavy atom. The number of carbonyl (C=O) groups excluding carboxylic acids is 1. The minimum absolute atomic E-state index is 0.140. The van der Waals surface area contributed by atoms with Gasteiger partial charge in [-0.15, -0.1) is 11.3 Å². The van der Waals surface area contributed by atoms with Gasteiger partial charge in [0.2, 0.25) is 5.88 Å². The number of likely N-dealkylation sites (tertiary alicyclic amines) is 1. The molecule has 45 heavy (non-hydrogen) atoms. The number of nitrogens with one attached hydrogen (secondary N) is 1. The van der Waals surface area contributed by atoms with E-state index in [4.69, 9.17) is 25.2 Å². The van der Waals surface area contributed by atoms with Gasteiger partial charge in [0, 0.05) is 35.3 Å². The fourth-order valence-electron chi connectivity index (χ4n) is 5.27. The lowest BCUT2D eigenvalue weighted by Crippen LogP contribution is -2.49. The average Bonchev–Trinajstić information content (AvgIpc) is 3.42. The predicted molar refractivity (Wildman–Crippen MR) is 177 cm³/mol. The number of nitrogens with two attached hydrogens (primary N) is 1. The zero-order valence-corrected chi connectivity index (χ0v) is 27.7. The first-order valence-corrected chi connectivity index (χ1v) is 16.3. The SMILES string of the molecule is Cc1ccc(COc2cccc(C3CCN(Cc4nc5ccc(C(=O)NC(C)(C)COC(C)(C)CN)cc5s4)CC3)n2)c(F)c1. The van der Waals surface area contributed by atoms with Gasteiger partial charge in [0.25, 0.3) is 5.91 Å². The van der Waals surface area contributed by atoms with Crippen molar-refractivity contribution >= 4 is 27.5 Å². The third-order valence-electron chi connectivity index (χ3n) is 8.16. The molecule has 4 aromatic rings. The van der Waals surface area contributed by atoms with Crippen molar-refractivity contribution in [3.8, 4) is 5.88 Å². The van der Waals surface area contributed by atoms with Crippen LogP contribution in [0.1, 0.15) is 78.6 Å². The van der Waals surface area contributed by atoms with Crippen molar-refractivity contribution in [2.75, 3.05) is 26.2 Å². The minimum atomic E-state index is -0.547. The van der Waals surface area contributed by atoms with Crippen LogP contribution in [-0.4, -0.2) is 58.2 Å². The van der Waals surface area contributed by atoms with Gasteiger partial charge < -0.3 is 20.5 Å². The summed E-state index contributed by atoms with van der Waals surface area (Å²) in [4.78, 5) is 25.1. The summed E-state index contributed by atoms with van der Waals surface area (Å²) < 4.78 is 27.0. The first-order chi connectivity index (χ1) is 21.4. The quantitative estimate of drug-likeness (QED) is 0.187. The van der Waals surface area contributed by atoms with Crippen LogP contribution < -0.4 is 15.8 Å². The summed E-state index contributed by atoms with van der Waals surface area (Å²) in [6, 6.07) is 16.7. The number of hydrogen-bond donors (Lipinski definition) is 2. The number of aryl methyl sites for hydroxylation is 1. The lowest BCUT2D eigenvalue weighted by atomic mass is 9.93. The lowest BCUT2D eigenvalue weighted by molar-refractivity contribution is -0.0350. The van der Waals surface area contributed by atoms with Crippen molar-refractivity contribution in [2.45, 2.75) is 77.7 Å². The molecule has 3 heterocycles. The molecule has 0 atom stereocenters. The number of aromatic nitrogens is 2. The molecule has 10 heteroatoms. The molecule has 0 radical (unpaired) electrons. The molecule has 2 aromatic heterocycles. The Labute approximate surface area is 269 Å². The van der Waals surface area contributed by atoms with Gasteiger partial charge in [-0.25, -0.2) is 14.4 Å². The minimum Gasteiger partial charge on any atom is -0.473 e. The molecule has 1 aliphatic rings. The summed E-state index contributed by atoms with van der Waals surface area (Å²) in [5.74, 6) is 0.461. The van der Waals surface area contributed by atoms with Crippen molar-refractivity contribution in [3.05, 3.63) is 87.8 Å². The number of fused-ring (bicyclic) bond motifs is 1. The molecule has 8 nitrogen and oxygen atoms in total. The number of hydrogen-bond acceptors (Lipinski definition) is 8. The van der Waals surface area contributed by atoms with Crippen LogP contribution in [-0.2, 0) is 17.9 Å². The second kappa shape index (κ2) is 13.9. The number of carbonyl (C=O) groups is 1. The molecule has 240 valence electrons. The second-order valence-electron chi connectivity index (χ2n) is 13.2. The number of benzene rings is 2. The van der Waals surface area contributed by atoms with E-state index in [1.54, 1.807) is 17.4 Å². The Hall–Kier alpha value is -3.44. The highest BCUT2D eigenvalue weighted by atomic mass is 32.1. The largest absolute Gasteiger partial charge is 0.473 e. The number of nitrogens with zero attached hydrogens (tertiary/aromatic N) is 3. The topological polar surface area (TPSA) is 103 Å². The summed E-state index contributed by atoms with van der Waals surface area (Å²) in [6.07, 6.45) is 1.97. The van der Waals surface area contributed by atoms with Crippen LogP contribution in [0.5, 0.6) is 5.88 Å². The Morgan fingerprint density at radius 2 is 1.87 bits per heavy atom. The van der Waals surface area contributed by atoms with Crippen molar-refractivity contribution in [1.82, 2.24) is 20.2 Å². The standard InChI is InChI=1S/C35H44FN5O3S/c1-23-9-10-26(27(36)17-23)20-43-31-8-6-7-28(38-31)24-13-15-41(16-14-24)19-32-39-29-12-11-25(18-30(29)45-32)33(42)40-34(2,3)22-44-35(4,5)21-37/h6-12,17-18,24H,13-16,19-22,37H2,1-5H3,(H,40,42). The van der Waals surface area contributed by atoms with Gasteiger partial charge in [-0.2, -0.15) is 0 Å². The zero-order valence-electron chi connectivity index (χ0n) is 26.9. The number of amides is 1. The molecular weight excluding hydrogens is 589 g/mol. The number of ether oxygens (including phenoxy) is 2. The lowest BCUT2D eigenvalue weighted by Gasteiger charge is -2.31. The smallest absolute Gasteiger partial charge is 0.251 e. The van der Waals surface area contributed by atoms with Crippen molar-refractivity contribution in [1.29, 1.82) is 0 Å². The van der Waals surface area contributed by atoms with Crippen LogP contribution in [0, 0.1) is 12.7 Å². The summed E-state index contributed by atoms with van der Waals surface area (Å²) in [5.41, 5.74) is 8.70. The molecule has 0 unspecified atom stereocenters. The summed E-state index contributed by atoms with van der Waals surface area (Å²) in [5, 5.41) is 4.13. The maximum atomic E-state index is 14.2. The van der Waals surface area contributed by atoms with Gasteiger partial charge in [0.15, 0.2) is 0 Å². The molecule has 1 saturated heterocycles. The van der Waals surface area contributed by atoms with Crippen molar-refractivity contribution < 1.29 is 18.7 Å². The van der Waals surface area contributed by atoms with Crippen LogP contribution in [0.4, 0.5) is 4.39 Å². The summed E-state index contributed by atoms with van der Waals surface area (Å²) >= 11 is 1.63. The molecule has 0 bridgehead atoms. The van der Waals surface area contributed by atoms with Crippen LogP contribution >= 0.6 is 11.3 Å². The van der Waals surface area contributed by atoms with Gasteiger partial charge in [0.05, 0.1) is 34.5 Å². The Morgan fingerprint density at radius 3 is 2.60 bits per heavy atom. The first kappa shape index (κ1) is 32.9. The van der Waals surface area contributed by atoms with E-state index in [1.807, 2.05) is 71.0 Å². The third-order valence-corrected chi connectivity index (χ3v) is 9.16. The maximum absolute atomic E-state index is 14.2. The molecule has 1 aliphatic heterocycles. The van der Waals surface area contributed by atoms with Gasteiger partial charge in [-0.05, 0) is 96.4 Å². The summed E-state index contributed by atoms with van der Waals surface area (Å²) in [7, 11) is 0. The van der Waals surface area contributed by atoms with Gasteiger partial charge in [0.1, 0.15) is 17.4 Å². The van der Waals surface area contributed by atoms with Gasteiger partial charge in [-0.3, -0.25) is 9.69 Å². The van der Waals surface area contributed by atoms with Crippen LogP contribution in [0.15, 0.2) is 54.6 Å². The van der Waals surface area contributed by atoms with Gasteiger partial charge in [-0.1, -0.05) is 18.2 Å². The molecule has 0 saturated carbocycles. The van der Waals surface area contributed by atoms with E-state index in [9.17, 15) is 9.18 Å². The van der Waals surface area contributed by atoms with E-state index in [0.29, 0.717) is 36.1 Å². The Bertz CT molecular complexity index is 1630. The summed E-state index contributed by atoms with van der Waals surface area (Å²) in [6.45, 7) is 13.2. The van der Waals surface area contributed by atoms with Crippen molar-refractivity contribution in [2.24, 2.45) is 5.73 Å². The molecule has 0 aliphatic carbocycles. The fourth-order valence-corrected chi connectivity index (χ4v) is 6.32. The van der Waals surface area contributed by atoms with Crippen LogP contribution in [0.2, 0.25) is 0 Å². The molecule has 5 rings (SSSR count). The van der Waals surface area contributed by atoms with E-state index in [2.05, 4.69) is 16.3 Å². The molecule has 2 aromatic carbocycles. The predicted octanol–water partition coefficient (Wildman–Crippen LogP) is 6.36. The monoisotopic (exact) mass is 633 g/mol. The van der Waals surface area contributed by atoms with E-state index in [-0.39, 0.29) is 18.3 Å². The molecule has 1 amide bonds. The third kappa shape index (κ3) is 8.85. The number of pyridine rings is 1. The molecule has 1 fully saturated rings.